The fourth-order valence-electron chi connectivity index (χ4n) is 4.37. The molecule has 0 saturated carbocycles. The molecule has 8 heteroatoms. The molecule has 0 N–H and O–H groups in total. The van der Waals surface area contributed by atoms with Crippen molar-refractivity contribution in [2.75, 3.05) is 13.1 Å². The molecule has 5 rings (SSSR count). The maximum absolute atomic E-state index is 13.6. The number of likely N-dealkylation sites (tertiary alicyclic amines) is 1. The van der Waals surface area contributed by atoms with Crippen molar-refractivity contribution >= 4 is 22.3 Å². The molecule has 1 aromatic carbocycles. The van der Waals surface area contributed by atoms with Gasteiger partial charge in [-0.05, 0) is 44.9 Å². The van der Waals surface area contributed by atoms with Gasteiger partial charge in [0, 0.05) is 30.6 Å². The quantitative estimate of drug-likeness (QED) is 0.512. The number of carbonyl (C=O) groups excluding carboxylic acids is 1. The fourth-order valence-corrected chi connectivity index (χ4v) is 4.37. The molecule has 4 aromatic rings. The van der Waals surface area contributed by atoms with E-state index in [-0.39, 0.29) is 23.4 Å². The molecule has 1 aliphatic heterocycles. The SMILES string of the molecule is CC(C)n1nc(C(=O)N2CCCC(c3nnc4ccccn34)C2)c2ccccc2c1=O. The van der Waals surface area contributed by atoms with E-state index in [1.165, 1.54) is 4.68 Å². The largest absolute Gasteiger partial charge is 0.337 e. The summed E-state index contributed by atoms with van der Waals surface area (Å²) in [4.78, 5) is 28.2. The monoisotopic (exact) mass is 416 g/mol. The van der Waals surface area contributed by atoms with Crippen LogP contribution in [0.3, 0.4) is 0 Å². The van der Waals surface area contributed by atoms with Gasteiger partial charge in [-0.2, -0.15) is 5.10 Å². The first kappa shape index (κ1) is 19.4. The van der Waals surface area contributed by atoms with Crippen LogP contribution in [-0.4, -0.2) is 48.3 Å². The van der Waals surface area contributed by atoms with Crippen LogP contribution in [0.5, 0.6) is 0 Å². The molecule has 1 atom stereocenters. The smallest absolute Gasteiger partial charge is 0.274 e. The van der Waals surface area contributed by atoms with Crippen molar-refractivity contribution in [2.24, 2.45) is 0 Å². The molecule has 31 heavy (non-hydrogen) atoms. The summed E-state index contributed by atoms with van der Waals surface area (Å²) in [6.07, 6.45) is 3.78. The van der Waals surface area contributed by atoms with Crippen LogP contribution in [0, 0.1) is 0 Å². The zero-order chi connectivity index (χ0) is 21.5. The van der Waals surface area contributed by atoms with Crippen LogP contribution in [0.2, 0.25) is 0 Å². The van der Waals surface area contributed by atoms with Crippen molar-refractivity contribution in [1.29, 1.82) is 0 Å². The molecule has 1 fully saturated rings. The lowest BCUT2D eigenvalue weighted by molar-refractivity contribution is 0.0697. The number of pyridine rings is 1. The van der Waals surface area contributed by atoms with Crippen molar-refractivity contribution in [1.82, 2.24) is 29.3 Å². The number of carbonyl (C=O) groups is 1. The molecule has 0 aliphatic carbocycles. The first-order chi connectivity index (χ1) is 15.0. The highest BCUT2D eigenvalue weighted by Gasteiger charge is 2.30. The molecule has 4 heterocycles. The number of hydrogen-bond acceptors (Lipinski definition) is 5. The van der Waals surface area contributed by atoms with Gasteiger partial charge in [0.15, 0.2) is 11.3 Å². The van der Waals surface area contributed by atoms with E-state index < -0.39 is 0 Å². The van der Waals surface area contributed by atoms with Crippen LogP contribution in [0.25, 0.3) is 16.4 Å². The van der Waals surface area contributed by atoms with Gasteiger partial charge in [-0.15, -0.1) is 10.2 Å². The fraction of sp³-hybridized carbons (Fsp3) is 0.348. The van der Waals surface area contributed by atoms with Crippen LogP contribution in [0.4, 0.5) is 0 Å². The summed E-state index contributed by atoms with van der Waals surface area (Å²) in [6, 6.07) is 12.9. The van der Waals surface area contributed by atoms with Crippen LogP contribution in [-0.2, 0) is 0 Å². The van der Waals surface area contributed by atoms with Crippen molar-refractivity contribution in [3.05, 3.63) is 70.5 Å². The number of nitrogens with zero attached hydrogens (tertiary/aromatic N) is 6. The van der Waals surface area contributed by atoms with Gasteiger partial charge in [0.25, 0.3) is 11.5 Å². The molecule has 1 unspecified atom stereocenters. The number of rotatable bonds is 3. The Hall–Kier alpha value is -3.55. The third-order valence-corrected chi connectivity index (χ3v) is 5.93. The number of amides is 1. The number of aromatic nitrogens is 5. The molecule has 3 aromatic heterocycles. The van der Waals surface area contributed by atoms with Gasteiger partial charge in [-0.3, -0.25) is 14.0 Å². The lowest BCUT2D eigenvalue weighted by Crippen LogP contribution is -2.41. The second kappa shape index (κ2) is 7.61. The highest BCUT2D eigenvalue weighted by Crippen LogP contribution is 2.27. The Labute approximate surface area is 179 Å². The maximum atomic E-state index is 13.6. The maximum Gasteiger partial charge on any atom is 0.274 e. The summed E-state index contributed by atoms with van der Waals surface area (Å²) in [6.45, 7) is 4.99. The van der Waals surface area contributed by atoms with E-state index in [4.69, 9.17) is 0 Å². The van der Waals surface area contributed by atoms with E-state index in [1.807, 2.05) is 59.7 Å². The second-order valence-corrected chi connectivity index (χ2v) is 8.32. The molecule has 0 bridgehead atoms. The number of benzene rings is 1. The second-order valence-electron chi connectivity index (χ2n) is 8.32. The Morgan fingerprint density at radius 1 is 1.06 bits per heavy atom. The van der Waals surface area contributed by atoms with Gasteiger partial charge in [0.1, 0.15) is 5.82 Å². The Kier molecular flexibility index (Phi) is 4.77. The average molecular weight is 416 g/mol. The van der Waals surface area contributed by atoms with Gasteiger partial charge in [-0.25, -0.2) is 4.68 Å². The van der Waals surface area contributed by atoms with E-state index in [9.17, 15) is 9.59 Å². The standard InChI is InChI=1S/C23H24N6O2/c1-15(2)29-22(30)18-10-4-3-9-17(18)20(26-29)23(31)27-12-7-8-16(14-27)21-25-24-19-11-5-6-13-28(19)21/h3-6,9-11,13,15-16H,7-8,12,14H2,1-2H3. The summed E-state index contributed by atoms with van der Waals surface area (Å²) < 4.78 is 3.40. The van der Waals surface area contributed by atoms with E-state index in [1.54, 1.807) is 12.1 Å². The lowest BCUT2D eigenvalue weighted by Gasteiger charge is -2.32. The highest BCUT2D eigenvalue weighted by atomic mass is 16.2. The summed E-state index contributed by atoms with van der Waals surface area (Å²) >= 11 is 0. The third-order valence-electron chi connectivity index (χ3n) is 5.93. The van der Waals surface area contributed by atoms with E-state index in [0.29, 0.717) is 29.6 Å². The number of piperidine rings is 1. The normalized spacial score (nSPS) is 17.0. The minimum absolute atomic E-state index is 0.0948. The van der Waals surface area contributed by atoms with Crippen molar-refractivity contribution < 1.29 is 4.79 Å². The average Bonchev–Trinajstić information content (AvgIpc) is 3.23. The first-order valence-electron chi connectivity index (χ1n) is 10.6. The molecule has 0 spiro atoms. The molecule has 0 radical (unpaired) electrons. The predicted octanol–water partition coefficient (Wildman–Crippen LogP) is 3.04. The zero-order valence-corrected chi connectivity index (χ0v) is 17.6. The predicted molar refractivity (Wildman–Crippen MR) is 117 cm³/mol. The molecule has 8 nitrogen and oxygen atoms in total. The Morgan fingerprint density at radius 3 is 2.65 bits per heavy atom. The van der Waals surface area contributed by atoms with Crippen molar-refractivity contribution in [2.45, 2.75) is 38.6 Å². The van der Waals surface area contributed by atoms with Crippen LogP contribution in [0.1, 0.15) is 55.0 Å². The van der Waals surface area contributed by atoms with Crippen molar-refractivity contribution in [3.63, 3.8) is 0 Å². The van der Waals surface area contributed by atoms with Crippen LogP contribution < -0.4 is 5.56 Å². The number of fused-ring (bicyclic) bond motifs is 2. The molecule has 1 aliphatic rings. The lowest BCUT2D eigenvalue weighted by atomic mass is 9.96. The van der Waals surface area contributed by atoms with Crippen LogP contribution in [0.15, 0.2) is 53.5 Å². The third kappa shape index (κ3) is 3.28. The number of hydrogen-bond donors (Lipinski definition) is 0. The molecule has 158 valence electrons. The summed E-state index contributed by atoms with van der Waals surface area (Å²) in [5, 5.41) is 14.3. The molecule has 1 saturated heterocycles. The van der Waals surface area contributed by atoms with Gasteiger partial charge in [0.05, 0.1) is 11.4 Å². The highest BCUT2D eigenvalue weighted by molar-refractivity contribution is 6.04. The molecular formula is C23H24N6O2. The summed E-state index contributed by atoms with van der Waals surface area (Å²) in [5.41, 5.74) is 0.960. The topological polar surface area (TPSA) is 85.4 Å². The first-order valence-corrected chi connectivity index (χ1v) is 10.6. The Bertz CT molecular complexity index is 1340. The van der Waals surface area contributed by atoms with Gasteiger partial charge < -0.3 is 4.90 Å². The van der Waals surface area contributed by atoms with Crippen molar-refractivity contribution in [3.8, 4) is 0 Å². The Morgan fingerprint density at radius 2 is 1.84 bits per heavy atom. The van der Waals surface area contributed by atoms with E-state index in [2.05, 4.69) is 15.3 Å². The zero-order valence-electron chi connectivity index (χ0n) is 17.6. The summed E-state index contributed by atoms with van der Waals surface area (Å²) in [5.74, 6) is 0.819. The minimum atomic E-state index is -0.173. The van der Waals surface area contributed by atoms with Crippen LogP contribution >= 0.6 is 0 Å². The van der Waals surface area contributed by atoms with Gasteiger partial charge >= 0.3 is 0 Å². The summed E-state index contributed by atoms with van der Waals surface area (Å²) in [7, 11) is 0. The minimum Gasteiger partial charge on any atom is -0.337 e. The Balaban J connectivity index is 1.52. The van der Waals surface area contributed by atoms with E-state index >= 15 is 0 Å². The van der Waals surface area contributed by atoms with Gasteiger partial charge in [-0.1, -0.05) is 24.3 Å². The van der Waals surface area contributed by atoms with E-state index in [0.717, 1.165) is 24.3 Å². The molecular weight excluding hydrogens is 392 g/mol. The molecule has 1 amide bonds. The van der Waals surface area contributed by atoms with Gasteiger partial charge in [0.2, 0.25) is 0 Å².